The fourth-order valence-electron chi connectivity index (χ4n) is 2.90. The molecule has 2 atom stereocenters. The number of piperidine rings is 1. The number of fused-ring (bicyclic) bond motifs is 1. The first kappa shape index (κ1) is 12.5. The summed E-state index contributed by atoms with van der Waals surface area (Å²) in [6, 6.07) is 5.90. The number of aromatic nitrogens is 1. The molecular formula is C15H20N2O2. The topological polar surface area (TPSA) is 57.3 Å². The van der Waals surface area contributed by atoms with Crippen molar-refractivity contribution in [2.45, 2.75) is 18.9 Å². The van der Waals surface area contributed by atoms with Crippen LogP contribution in [0.1, 0.15) is 24.5 Å². The number of methoxy groups -OCH3 is 1. The lowest BCUT2D eigenvalue weighted by Crippen LogP contribution is -2.33. The van der Waals surface area contributed by atoms with Crippen LogP contribution in [0.5, 0.6) is 5.75 Å². The second-order valence-corrected chi connectivity index (χ2v) is 5.21. The highest BCUT2D eigenvalue weighted by Crippen LogP contribution is 2.33. The van der Waals surface area contributed by atoms with Crippen molar-refractivity contribution < 1.29 is 9.84 Å². The van der Waals surface area contributed by atoms with Crippen LogP contribution in [0.4, 0.5) is 0 Å². The molecule has 0 aliphatic carbocycles. The van der Waals surface area contributed by atoms with Gasteiger partial charge < -0.3 is 20.1 Å². The molecule has 0 saturated carbocycles. The van der Waals surface area contributed by atoms with Gasteiger partial charge in [0.15, 0.2) is 0 Å². The zero-order valence-corrected chi connectivity index (χ0v) is 11.1. The largest absolute Gasteiger partial charge is 0.497 e. The minimum absolute atomic E-state index is 0.291. The van der Waals surface area contributed by atoms with E-state index >= 15 is 0 Å². The van der Waals surface area contributed by atoms with Crippen molar-refractivity contribution in [1.82, 2.24) is 10.3 Å². The lowest BCUT2D eigenvalue weighted by Gasteiger charge is -2.27. The van der Waals surface area contributed by atoms with Crippen LogP contribution in [-0.4, -0.2) is 30.3 Å². The van der Waals surface area contributed by atoms with Crippen molar-refractivity contribution in [3.05, 3.63) is 30.0 Å². The van der Waals surface area contributed by atoms with Gasteiger partial charge in [0.25, 0.3) is 0 Å². The van der Waals surface area contributed by atoms with Gasteiger partial charge in [-0.05, 0) is 37.6 Å². The minimum Gasteiger partial charge on any atom is -0.497 e. The van der Waals surface area contributed by atoms with Gasteiger partial charge in [-0.3, -0.25) is 0 Å². The number of hydrogen-bond acceptors (Lipinski definition) is 3. The van der Waals surface area contributed by atoms with E-state index in [4.69, 9.17) is 4.74 Å². The Morgan fingerprint density at radius 2 is 2.32 bits per heavy atom. The van der Waals surface area contributed by atoms with Crippen molar-refractivity contribution in [1.29, 1.82) is 0 Å². The van der Waals surface area contributed by atoms with Crippen molar-refractivity contribution in [3.63, 3.8) is 0 Å². The first-order valence-corrected chi connectivity index (χ1v) is 6.83. The maximum Gasteiger partial charge on any atom is 0.119 e. The number of aliphatic hydroxyl groups is 1. The summed E-state index contributed by atoms with van der Waals surface area (Å²) in [7, 11) is 1.66. The van der Waals surface area contributed by atoms with Gasteiger partial charge in [-0.2, -0.15) is 0 Å². The molecule has 1 aromatic heterocycles. The number of nitrogens with one attached hydrogen (secondary N) is 2. The van der Waals surface area contributed by atoms with Crippen LogP contribution in [-0.2, 0) is 0 Å². The van der Waals surface area contributed by atoms with E-state index in [0.29, 0.717) is 5.92 Å². The van der Waals surface area contributed by atoms with E-state index in [1.165, 1.54) is 0 Å². The normalized spacial score (nSPS) is 21.5. The van der Waals surface area contributed by atoms with Crippen molar-refractivity contribution in [2.24, 2.45) is 5.92 Å². The van der Waals surface area contributed by atoms with E-state index in [0.717, 1.165) is 48.1 Å². The molecule has 1 aromatic carbocycles. The van der Waals surface area contributed by atoms with Crippen molar-refractivity contribution in [3.8, 4) is 5.75 Å². The van der Waals surface area contributed by atoms with E-state index < -0.39 is 6.10 Å². The maximum absolute atomic E-state index is 10.6. The summed E-state index contributed by atoms with van der Waals surface area (Å²) in [5, 5.41) is 15.0. The van der Waals surface area contributed by atoms with Gasteiger partial charge in [0.2, 0.25) is 0 Å². The van der Waals surface area contributed by atoms with Gasteiger partial charge in [0, 0.05) is 35.1 Å². The van der Waals surface area contributed by atoms with Gasteiger partial charge in [-0.15, -0.1) is 0 Å². The fraction of sp³-hybridized carbons (Fsp3) is 0.467. The smallest absolute Gasteiger partial charge is 0.119 e. The summed E-state index contributed by atoms with van der Waals surface area (Å²) in [6.07, 6.45) is 3.70. The Hall–Kier alpha value is -1.52. The zero-order valence-electron chi connectivity index (χ0n) is 11.1. The molecule has 102 valence electrons. The third-order valence-electron chi connectivity index (χ3n) is 4.02. The molecule has 1 saturated heterocycles. The molecule has 4 heteroatoms. The first-order chi connectivity index (χ1) is 9.29. The minimum atomic E-state index is -0.423. The second kappa shape index (κ2) is 5.23. The molecule has 0 amide bonds. The van der Waals surface area contributed by atoms with Gasteiger partial charge in [0.1, 0.15) is 5.75 Å². The monoisotopic (exact) mass is 260 g/mol. The molecule has 4 nitrogen and oxygen atoms in total. The summed E-state index contributed by atoms with van der Waals surface area (Å²) >= 11 is 0. The standard InChI is InChI=1S/C15H20N2O2/c1-19-11-4-5-14-12(7-11)13(9-17-14)15(18)10-3-2-6-16-8-10/h4-5,7,9-10,15-18H,2-3,6,8H2,1H3. The predicted molar refractivity (Wildman–Crippen MR) is 75.4 cm³/mol. The average Bonchev–Trinajstić information content (AvgIpc) is 2.90. The number of ether oxygens (including phenoxy) is 1. The summed E-state index contributed by atoms with van der Waals surface area (Å²) in [5.74, 6) is 1.11. The number of rotatable bonds is 3. The Labute approximate surface area is 112 Å². The fourth-order valence-corrected chi connectivity index (χ4v) is 2.90. The summed E-state index contributed by atoms with van der Waals surface area (Å²) in [4.78, 5) is 3.22. The lowest BCUT2D eigenvalue weighted by atomic mass is 9.89. The Kier molecular flexibility index (Phi) is 3.44. The number of hydrogen-bond donors (Lipinski definition) is 3. The van der Waals surface area contributed by atoms with E-state index in [9.17, 15) is 5.11 Å². The molecule has 0 radical (unpaired) electrons. The van der Waals surface area contributed by atoms with Gasteiger partial charge in [0.05, 0.1) is 13.2 Å². The third-order valence-corrected chi connectivity index (χ3v) is 4.02. The Morgan fingerprint density at radius 1 is 1.42 bits per heavy atom. The maximum atomic E-state index is 10.6. The highest BCUT2D eigenvalue weighted by atomic mass is 16.5. The van der Waals surface area contributed by atoms with Crippen molar-refractivity contribution in [2.75, 3.05) is 20.2 Å². The molecule has 2 heterocycles. The Balaban J connectivity index is 1.94. The summed E-state index contributed by atoms with van der Waals surface area (Å²) in [5.41, 5.74) is 2.02. The van der Waals surface area contributed by atoms with Crippen molar-refractivity contribution >= 4 is 10.9 Å². The van der Waals surface area contributed by atoms with Crippen LogP contribution in [0.15, 0.2) is 24.4 Å². The SMILES string of the molecule is COc1ccc2[nH]cc(C(O)C3CCCNC3)c2c1. The molecule has 3 rings (SSSR count). The highest BCUT2D eigenvalue weighted by molar-refractivity contribution is 5.85. The third kappa shape index (κ3) is 2.33. The van der Waals surface area contributed by atoms with Gasteiger partial charge in [-0.25, -0.2) is 0 Å². The number of benzene rings is 1. The molecule has 0 spiro atoms. The average molecular weight is 260 g/mol. The second-order valence-electron chi connectivity index (χ2n) is 5.21. The van der Waals surface area contributed by atoms with E-state index in [1.807, 2.05) is 24.4 Å². The molecule has 3 N–H and O–H groups in total. The Bertz CT molecular complexity index is 558. The highest BCUT2D eigenvalue weighted by Gasteiger charge is 2.25. The van der Waals surface area contributed by atoms with Crippen LogP contribution >= 0.6 is 0 Å². The zero-order chi connectivity index (χ0) is 13.2. The molecule has 1 aliphatic heterocycles. The number of aromatic amines is 1. The lowest BCUT2D eigenvalue weighted by molar-refractivity contribution is 0.0934. The summed E-state index contributed by atoms with van der Waals surface area (Å²) in [6.45, 7) is 1.95. The number of aliphatic hydroxyl groups excluding tert-OH is 1. The van der Waals surface area contributed by atoms with E-state index in [-0.39, 0.29) is 0 Å². The molecule has 1 aliphatic rings. The van der Waals surface area contributed by atoms with Crippen LogP contribution in [0.25, 0.3) is 10.9 Å². The van der Waals surface area contributed by atoms with Crippen LogP contribution < -0.4 is 10.1 Å². The molecule has 2 unspecified atom stereocenters. The molecule has 0 bridgehead atoms. The van der Waals surface area contributed by atoms with Crippen LogP contribution in [0.3, 0.4) is 0 Å². The first-order valence-electron chi connectivity index (χ1n) is 6.83. The quantitative estimate of drug-likeness (QED) is 0.793. The predicted octanol–water partition coefficient (Wildman–Crippen LogP) is 2.21. The van der Waals surface area contributed by atoms with E-state index in [1.54, 1.807) is 7.11 Å². The van der Waals surface area contributed by atoms with Gasteiger partial charge >= 0.3 is 0 Å². The van der Waals surface area contributed by atoms with Crippen LogP contribution in [0, 0.1) is 5.92 Å². The van der Waals surface area contributed by atoms with Gasteiger partial charge in [-0.1, -0.05) is 0 Å². The molecule has 2 aromatic rings. The summed E-state index contributed by atoms with van der Waals surface area (Å²) < 4.78 is 5.26. The molecule has 1 fully saturated rings. The molecular weight excluding hydrogens is 240 g/mol. The van der Waals surface area contributed by atoms with Crippen LogP contribution in [0.2, 0.25) is 0 Å². The number of H-pyrrole nitrogens is 1. The Morgan fingerprint density at radius 3 is 3.05 bits per heavy atom. The van der Waals surface area contributed by atoms with E-state index in [2.05, 4.69) is 10.3 Å². The molecule has 19 heavy (non-hydrogen) atoms.